The third kappa shape index (κ3) is 3.70. The molecular weight excluding hydrogens is 417 g/mol. The Labute approximate surface area is 185 Å². The number of carbonyl (C=O) groups excluding carboxylic acids is 2. The summed E-state index contributed by atoms with van der Waals surface area (Å²) < 4.78 is 39.6. The molecule has 2 aliphatic heterocycles. The van der Waals surface area contributed by atoms with Crippen LogP contribution in [0.4, 0.5) is 13.2 Å². The molecule has 4 nitrogen and oxygen atoms in total. The molecule has 2 aromatic carbocycles. The normalized spacial score (nSPS) is 18.3. The number of alkyl halides is 3. The second-order valence-corrected chi connectivity index (χ2v) is 8.73. The summed E-state index contributed by atoms with van der Waals surface area (Å²) in [5.41, 5.74) is 1.89. The van der Waals surface area contributed by atoms with Gasteiger partial charge in [0, 0.05) is 31.9 Å². The molecule has 4 rings (SSSR count). The molecule has 1 saturated heterocycles. The van der Waals surface area contributed by atoms with Crippen molar-refractivity contribution in [2.24, 2.45) is 5.41 Å². The van der Waals surface area contributed by atoms with Crippen LogP contribution in [-0.2, 0) is 11.0 Å². The zero-order valence-electron chi connectivity index (χ0n) is 18.3. The minimum absolute atomic E-state index is 0.00207. The Balaban J connectivity index is 1.59. The van der Waals surface area contributed by atoms with Gasteiger partial charge >= 0.3 is 6.18 Å². The maximum Gasteiger partial charge on any atom is 0.416 e. The lowest BCUT2D eigenvalue weighted by Crippen LogP contribution is -2.47. The van der Waals surface area contributed by atoms with Gasteiger partial charge in [0.1, 0.15) is 0 Å². The van der Waals surface area contributed by atoms with Crippen molar-refractivity contribution in [3.63, 3.8) is 0 Å². The largest absolute Gasteiger partial charge is 0.416 e. The second-order valence-electron chi connectivity index (χ2n) is 8.73. The lowest BCUT2D eigenvalue weighted by molar-refractivity contribution is -0.137. The predicted octanol–water partition coefficient (Wildman–Crippen LogP) is 5.06. The first kappa shape index (κ1) is 22.1. The molecular formula is C25H25F3N2O2. The van der Waals surface area contributed by atoms with Gasteiger partial charge in [-0.1, -0.05) is 24.3 Å². The fourth-order valence-electron chi connectivity index (χ4n) is 4.86. The van der Waals surface area contributed by atoms with Crippen molar-refractivity contribution in [1.82, 2.24) is 9.80 Å². The summed E-state index contributed by atoms with van der Waals surface area (Å²) in [7, 11) is 1.73. The Morgan fingerprint density at radius 1 is 1.03 bits per heavy atom. The Kier molecular flexibility index (Phi) is 5.39. The molecule has 168 valence electrons. The van der Waals surface area contributed by atoms with E-state index in [1.807, 2.05) is 37.4 Å². The fraction of sp³-hybridized carbons (Fsp3) is 0.360. The van der Waals surface area contributed by atoms with Crippen LogP contribution < -0.4 is 0 Å². The van der Waals surface area contributed by atoms with Crippen molar-refractivity contribution in [3.8, 4) is 0 Å². The van der Waals surface area contributed by atoms with Crippen LogP contribution >= 0.6 is 0 Å². The van der Waals surface area contributed by atoms with Crippen molar-refractivity contribution >= 4 is 17.4 Å². The molecule has 2 amide bonds. The highest BCUT2D eigenvalue weighted by molar-refractivity contribution is 6.02. The van der Waals surface area contributed by atoms with Gasteiger partial charge in [-0.2, -0.15) is 13.2 Å². The van der Waals surface area contributed by atoms with Gasteiger partial charge in [0.15, 0.2) is 0 Å². The van der Waals surface area contributed by atoms with E-state index < -0.39 is 23.1 Å². The van der Waals surface area contributed by atoms with Crippen LogP contribution in [0.25, 0.3) is 5.57 Å². The summed E-state index contributed by atoms with van der Waals surface area (Å²) >= 11 is 0. The van der Waals surface area contributed by atoms with E-state index >= 15 is 0 Å². The lowest BCUT2D eigenvalue weighted by Gasteiger charge is -2.40. The molecule has 2 aliphatic rings. The van der Waals surface area contributed by atoms with Gasteiger partial charge in [-0.3, -0.25) is 9.59 Å². The third-order valence-corrected chi connectivity index (χ3v) is 6.56. The summed E-state index contributed by atoms with van der Waals surface area (Å²) in [5.74, 6) is -0.438. The molecule has 32 heavy (non-hydrogen) atoms. The van der Waals surface area contributed by atoms with E-state index in [4.69, 9.17) is 0 Å². The first-order valence-corrected chi connectivity index (χ1v) is 10.6. The molecule has 7 heteroatoms. The summed E-state index contributed by atoms with van der Waals surface area (Å²) in [6.45, 7) is 4.15. The van der Waals surface area contributed by atoms with Crippen molar-refractivity contribution in [2.75, 3.05) is 20.1 Å². The van der Waals surface area contributed by atoms with Gasteiger partial charge < -0.3 is 9.80 Å². The van der Waals surface area contributed by atoms with Gasteiger partial charge in [0.05, 0.1) is 11.0 Å². The Morgan fingerprint density at radius 2 is 1.69 bits per heavy atom. The van der Waals surface area contributed by atoms with Crippen LogP contribution in [0.2, 0.25) is 0 Å². The number of piperidine rings is 1. The number of carbonyl (C=O) groups is 2. The summed E-state index contributed by atoms with van der Waals surface area (Å²) in [6.07, 6.45) is -1.78. The molecule has 0 aliphatic carbocycles. The van der Waals surface area contributed by atoms with E-state index in [1.54, 1.807) is 23.8 Å². The van der Waals surface area contributed by atoms with Crippen LogP contribution in [0.5, 0.6) is 0 Å². The quantitative estimate of drug-likeness (QED) is 0.653. The molecule has 0 N–H and O–H groups in total. The van der Waals surface area contributed by atoms with Crippen LogP contribution in [0.3, 0.4) is 0 Å². The average Bonchev–Trinajstić information content (AvgIpc) is 2.98. The Bertz CT molecular complexity index is 1110. The van der Waals surface area contributed by atoms with E-state index in [2.05, 4.69) is 0 Å². The monoisotopic (exact) mass is 442 g/mol. The number of hydrogen-bond donors (Lipinski definition) is 0. The second kappa shape index (κ2) is 7.80. The Morgan fingerprint density at radius 3 is 2.31 bits per heavy atom. The van der Waals surface area contributed by atoms with E-state index in [0.29, 0.717) is 31.5 Å². The number of halogens is 3. The van der Waals surface area contributed by atoms with Crippen LogP contribution in [-0.4, -0.2) is 41.8 Å². The number of likely N-dealkylation sites (tertiary alicyclic amines) is 1. The average molecular weight is 442 g/mol. The Hall–Kier alpha value is -3.09. The number of amides is 2. The van der Waals surface area contributed by atoms with E-state index in [-0.39, 0.29) is 11.5 Å². The number of aryl methyl sites for hydroxylation is 2. The smallest absolute Gasteiger partial charge is 0.339 e. The minimum atomic E-state index is -4.51. The van der Waals surface area contributed by atoms with Crippen LogP contribution in [0.15, 0.2) is 48.7 Å². The lowest BCUT2D eigenvalue weighted by atomic mass is 9.70. The van der Waals surface area contributed by atoms with Gasteiger partial charge in [-0.05, 0) is 67.2 Å². The molecule has 0 aromatic heterocycles. The SMILES string of the molecule is Cc1cc(C(=O)N2CCC3(CC2)C(=O)N(C)C=C3c2ccccc2C)cc(C(F)(F)F)c1. The molecule has 2 aromatic rings. The first-order valence-electron chi connectivity index (χ1n) is 10.6. The molecule has 0 saturated carbocycles. The summed E-state index contributed by atoms with van der Waals surface area (Å²) in [4.78, 5) is 29.4. The molecule has 0 radical (unpaired) electrons. The first-order chi connectivity index (χ1) is 15.0. The maximum absolute atomic E-state index is 13.2. The van der Waals surface area contributed by atoms with E-state index in [0.717, 1.165) is 28.8 Å². The summed E-state index contributed by atoms with van der Waals surface area (Å²) in [6, 6.07) is 11.3. The third-order valence-electron chi connectivity index (χ3n) is 6.56. The molecule has 2 heterocycles. The van der Waals surface area contributed by atoms with Crippen molar-refractivity contribution < 1.29 is 22.8 Å². The van der Waals surface area contributed by atoms with Crippen molar-refractivity contribution in [3.05, 3.63) is 76.5 Å². The highest BCUT2D eigenvalue weighted by Crippen LogP contribution is 2.49. The highest BCUT2D eigenvalue weighted by Gasteiger charge is 2.50. The molecule has 1 fully saturated rings. The molecule has 0 atom stereocenters. The zero-order chi connectivity index (χ0) is 23.3. The van der Waals surface area contributed by atoms with Gasteiger partial charge in [-0.15, -0.1) is 0 Å². The maximum atomic E-state index is 13.2. The summed E-state index contributed by atoms with van der Waals surface area (Å²) in [5, 5.41) is 0. The van der Waals surface area contributed by atoms with Crippen molar-refractivity contribution in [2.45, 2.75) is 32.9 Å². The number of hydrogen-bond acceptors (Lipinski definition) is 2. The van der Waals surface area contributed by atoms with Crippen molar-refractivity contribution in [1.29, 1.82) is 0 Å². The van der Waals surface area contributed by atoms with Gasteiger partial charge in [0.2, 0.25) is 5.91 Å². The number of rotatable bonds is 2. The van der Waals surface area contributed by atoms with Crippen LogP contribution in [0.1, 0.15) is 45.5 Å². The molecule has 1 spiro atoms. The molecule has 0 bridgehead atoms. The predicted molar refractivity (Wildman–Crippen MR) is 116 cm³/mol. The minimum Gasteiger partial charge on any atom is -0.339 e. The fourth-order valence-corrected chi connectivity index (χ4v) is 4.86. The zero-order valence-corrected chi connectivity index (χ0v) is 18.3. The standard InChI is InChI=1S/C25H25F3N2O2/c1-16-12-18(14-19(13-16)25(26,27)28)22(31)30-10-8-24(9-11-30)21(15-29(3)23(24)32)20-7-5-4-6-17(20)2/h4-7,12-15H,8-11H2,1-3H3. The number of nitrogens with zero attached hydrogens (tertiary/aromatic N) is 2. The topological polar surface area (TPSA) is 40.6 Å². The molecule has 0 unspecified atom stereocenters. The van der Waals surface area contributed by atoms with E-state index in [9.17, 15) is 22.8 Å². The van der Waals surface area contributed by atoms with E-state index in [1.165, 1.54) is 6.07 Å². The van der Waals surface area contributed by atoms with Crippen LogP contribution in [0, 0.1) is 19.3 Å². The van der Waals surface area contributed by atoms with Gasteiger partial charge in [-0.25, -0.2) is 0 Å². The number of benzene rings is 2. The van der Waals surface area contributed by atoms with Gasteiger partial charge in [0.25, 0.3) is 5.91 Å². The highest BCUT2D eigenvalue weighted by atomic mass is 19.4.